The minimum Gasteiger partial charge on any atom is -0.389 e. The van der Waals surface area contributed by atoms with Crippen LogP contribution in [0, 0.1) is 12.7 Å². The van der Waals surface area contributed by atoms with Crippen molar-refractivity contribution in [3.8, 4) is 0 Å². The molecule has 0 fully saturated rings. The topological polar surface area (TPSA) is 32.7 Å². The van der Waals surface area contributed by atoms with Crippen LogP contribution < -0.4 is 0 Å². The van der Waals surface area contributed by atoms with Gasteiger partial charge in [0.05, 0.1) is 18.8 Å². The fourth-order valence-corrected chi connectivity index (χ4v) is 2.64. The largest absolute Gasteiger partial charge is 0.389 e. The van der Waals surface area contributed by atoms with Crippen molar-refractivity contribution in [2.24, 2.45) is 0 Å². The maximum absolute atomic E-state index is 13.1. The standard InChI is InChI=1S/C21H28FNO2/c1-16(2)25-15-21(24)14-23(12-18-6-4-17(3)5-7-18)13-19-8-10-20(22)11-9-19/h4-11,16,21,24H,12-15H2,1-3H3/t21-/m1/s1. The fraction of sp³-hybridized carbons (Fsp3) is 0.429. The molecular weight excluding hydrogens is 317 g/mol. The summed E-state index contributed by atoms with van der Waals surface area (Å²) < 4.78 is 18.6. The number of aryl methyl sites for hydroxylation is 1. The van der Waals surface area contributed by atoms with Gasteiger partial charge in [0.2, 0.25) is 0 Å². The molecule has 2 aromatic carbocycles. The predicted molar refractivity (Wildman–Crippen MR) is 98.8 cm³/mol. The molecule has 136 valence electrons. The molecule has 4 heteroatoms. The highest BCUT2D eigenvalue weighted by atomic mass is 19.1. The number of rotatable bonds is 9. The lowest BCUT2D eigenvalue weighted by molar-refractivity contribution is -0.0106. The maximum Gasteiger partial charge on any atom is 0.123 e. The molecule has 0 amide bonds. The van der Waals surface area contributed by atoms with E-state index in [9.17, 15) is 9.50 Å². The van der Waals surface area contributed by atoms with Crippen LogP contribution in [0.2, 0.25) is 0 Å². The monoisotopic (exact) mass is 345 g/mol. The molecule has 25 heavy (non-hydrogen) atoms. The molecule has 3 nitrogen and oxygen atoms in total. The molecule has 0 spiro atoms. The zero-order valence-corrected chi connectivity index (χ0v) is 15.3. The van der Waals surface area contributed by atoms with Gasteiger partial charge in [-0.15, -0.1) is 0 Å². The van der Waals surface area contributed by atoms with Gasteiger partial charge in [-0.1, -0.05) is 42.0 Å². The first-order valence-corrected chi connectivity index (χ1v) is 8.74. The lowest BCUT2D eigenvalue weighted by Crippen LogP contribution is -2.34. The first-order valence-electron chi connectivity index (χ1n) is 8.74. The Balaban J connectivity index is 2.03. The third-order valence-corrected chi connectivity index (χ3v) is 3.94. The Hall–Kier alpha value is -1.75. The predicted octanol–water partition coefficient (Wildman–Crippen LogP) is 3.92. The molecule has 1 atom stereocenters. The number of hydrogen-bond acceptors (Lipinski definition) is 3. The van der Waals surface area contributed by atoms with E-state index in [2.05, 4.69) is 36.1 Å². The summed E-state index contributed by atoms with van der Waals surface area (Å²) in [4.78, 5) is 2.16. The third kappa shape index (κ3) is 7.34. The third-order valence-electron chi connectivity index (χ3n) is 3.94. The Labute approximate surface area is 150 Å². The number of hydrogen-bond donors (Lipinski definition) is 1. The average molecular weight is 345 g/mol. The fourth-order valence-electron chi connectivity index (χ4n) is 2.64. The number of aliphatic hydroxyl groups is 1. The summed E-state index contributed by atoms with van der Waals surface area (Å²) in [5.74, 6) is -0.237. The highest BCUT2D eigenvalue weighted by Gasteiger charge is 2.14. The Morgan fingerprint density at radius 1 is 0.960 bits per heavy atom. The van der Waals surface area contributed by atoms with Gasteiger partial charge in [0.25, 0.3) is 0 Å². The van der Waals surface area contributed by atoms with Gasteiger partial charge in [-0.25, -0.2) is 4.39 Å². The quantitative estimate of drug-likeness (QED) is 0.748. The second-order valence-corrected chi connectivity index (χ2v) is 6.82. The van der Waals surface area contributed by atoms with Crippen molar-refractivity contribution in [2.75, 3.05) is 13.2 Å². The van der Waals surface area contributed by atoms with Crippen molar-refractivity contribution in [3.63, 3.8) is 0 Å². The van der Waals surface area contributed by atoms with Gasteiger partial charge in [-0.3, -0.25) is 4.90 Å². The highest BCUT2D eigenvalue weighted by Crippen LogP contribution is 2.13. The van der Waals surface area contributed by atoms with Crippen LogP contribution in [-0.2, 0) is 17.8 Å². The van der Waals surface area contributed by atoms with Crippen LogP contribution in [-0.4, -0.2) is 35.4 Å². The van der Waals surface area contributed by atoms with Crippen LogP contribution >= 0.6 is 0 Å². The second-order valence-electron chi connectivity index (χ2n) is 6.82. The summed E-state index contributed by atoms with van der Waals surface area (Å²) in [5.41, 5.74) is 3.43. The van der Waals surface area contributed by atoms with Gasteiger partial charge in [0, 0.05) is 19.6 Å². The molecule has 2 aromatic rings. The van der Waals surface area contributed by atoms with Crippen molar-refractivity contribution in [3.05, 3.63) is 71.0 Å². The lowest BCUT2D eigenvalue weighted by Gasteiger charge is -2.26. The van der Waals surface area contributed by atoms with Crippen LogP contribution in [0.5, 0.6) is 0 Å². The molecule has 0 aliphatic rings. The van der Waals surface area contributed by atoms with Gasteiger partial charge in [0.1, 0.15) is 5.82 Å². The normalized spacial score (nSPS) is 12.8. The van der Waals surface area contributed by atoms with Crippen molar-refractivity contribution in [2.45, 2.75) is 46.1 Å². The van der Waals surface area contributed by atoms with E-state index in [-0.39, 0.29) is 11.9 Å². The first kappa shape index (κ1) is 19.6. The number of halogens is 1. The van der Waals surface area contributed by atoms with Crippen molar-refractivity contribution in [1.29, 1.82) is 0 Å². The van der Waals surface area contributed by atoms with E-state index in [1.54, 1.807) is 12.1 Å². The molecule has 0 heterocycles. The molecule has 0 saturated carbocycles. The molecule has 0 bridgehead atoms. The van der Waals surface area contributed by atoms with E-state index >= 15 is 0 Å². The number of aliphatic hydroxyl groups excluding tert-OH is 1. The van der Waals surface area contributed by atoms with E-state index in [4.69, 9.17) is 4.74 Å². The van der Waals surface area contributed by atoms with Crippen LogP contribution in [0.1, 0.15) is 30.5 Å². The van der Waals surface area contributed by atoms with Gasteiger partial charge in [-0.2, -0.15) is 0 Å². The zero-order chi connectivity index (χ0) is 18.2. The Bertz CT molecular complexity index is 578. The van der Waals surface area contributed by atoms with Gasteiger partial charge >= 0.3 is 0 Å². The Morgan fingerprint density at radius 2 is 1.48 bits per heavy atom. The average Bonchev–Trinajstić information content (AvgIpc) is 2.57. The van der Waals surface area contributed by atoms with E-state index in [1.165, 1.54) is 23.3 Å². The van der Waals surface area contributed by atoms with E-state index in [0.29, 0.717) is 19.7 Å². The number of benzene rings is 2. The molecule has 0 radical (unpaired) electrons. The second kappa shape index (κ2) is 9.66. The molecule has 0 saturated heterocycles. The summed E-state index contributed by atoms with van der Waals surface area (Å²) in [6, 6.07) is 14.9. The highest BCUT2D eigenvalue weighted by molar-refractivity contribution is 5.22. The SMILES string of the molecule is Cc1ccc(CN(Cc2ccc(F)cc2)C[C@@H](O)COC(C)C)cc1. The van der Waals surface area contributed by atoms with Gasteiger partial charge < -0.3 is 9.84 Å². The molecule has 0 aromatic heterocycles. The number of ether oxygens (including phenoxy) is 1. The Kier molecular flexibility index (Phi) is 7.56. The van der Waals surface area contributed by atoms with Gasteiger partial charge in [0.15, 0.2) is 0 Å². The minimum absolute atomic E-state index is 0.0947. The summed E-state index contributed by atoms with van der Waals surface area (Å²) in [6.07, 6.45) is -0.467. The van der Waals surface area contributed by atoms with Crippen LogP contribution in [0.25, 0.3) is 0 Å². The van der Waals surface area contributed by atoms with Crippen molar-refractivity contribution < 1.29 is 14.2 Å². The summed E-state index contributed by atoms with van der Waals surface area (Å²) in [5, 5.41) is 10.3. The van der Waals surface area contributed by atoms with E-state index in [0.717, 1.165) is 12.1 Å². The smallest absolute Gasteiger partial charge is 0.123 e. The number of nitrogens with zero attached hydrogens (tertiary/aromatic N) is 1. The molecule has 0 unspecified atom stereocenters. The van der Waals surface area contributed by atoms with Crippen molar-refractivity contribution in [1.82, 2.24) is 4.90 Å². The van der Waals surface area contributed by atoms with Crippen LogP contribution in [0.3, 0.4) is 0 Å². The molecule has 2 rings (SSSR count). The maximum atomic E-state index is 13.1. The molecular formula is C21H28FNO2. The van der Waals surface area contributed by atoms with Gasteiger partial charge in [-0.05, 0) is 44.0 Å². The zero-order valence-electron chi connectivity index (χ0n) is 15.3. The van der Waals surface area contributed by atoms with E-state index < -0.39 is 6.10 Å². The molecule has 0 aliphatic heterocycles. The lowest BCUT2D eigenvalue weighted by atomic mass is 10.1. The summed E-state index contributed by atoms with van der Waals surface area (Å²) >= 11 is 0. The molecule has 1 N–H and O–H groups in total. The van der Waals surface area contributed by atoms with E-state index in [1.807, 2.05) is 13.8 Å². The van der Waals surface area contributed by atoms with Crippen LogP contribution in [0.4, 0.5) is 4.39 Å². The minimum atomic E-state index is -0.562. The molecule has 0 aliphatic carbocycles. The van der Waals surface area contributed by atoms with Crippen LogP contribution in [0.15, 0.2) is 48.5 Å². The first-order chi connectivity index (χ1) is 11.9. The summed E-state index contributed by atoms with van der Waals surface area (Å²) in [6.45, 7) is 8.14. The van der Waals surface area contributed by atoms with Crippen molar-refractivity contribution >= 4 is 0 Å². The Morgan fingerprint density at radius 3 is 2.00 bits per heavy atom. The summed E-state index contributed by atoms with van der Waals surface area (Å²) in [7, 11) is 0.